The van der Waals surface area contributed by atoms with Crippen molar-refractivity contribution in [2.45, 2.75) is 48.8 Å². The summed E-state index contributed by atoms with van der Waals surface area (Å²) in [6, 6.07) is 11.1. The summed E-state index contributed by atoms with van der Waals surface area (Å²) in [5.74, 6) is -0.989. The van der Waals surface area contributed by atoms with E-state index in [1.807, 2.05) is 0 Å². The number of furan rings is 1. The van der Waals surface area contributed by atoms with E-state index >= 15 is 0 Å². The van der Waals surface area contributed by atoms with Crippen LogP contribution in [0.3, 0.4) is 0 Å². The summed E-state index contributed by atoms with van der Waals surface area (Å²) in [4.78, 5) is 24.3. The van der Waals surface area contributed by atoms with Crippen molar-refractivity contribution in [3.63, 3.8) is 0 Å². The van der Waals surface area contributed by atoms with Crippen LogP contribution in [0, 0.1) is 0 Å². The van der Waals surface area contributed by atoms with Gasteiger partial charge in [-0.2, -0.15) is 0 Å². The van der Waals surface area contributed by atoms with Gasteiger partial charge in [-0.15, -0.1) is 0 Å². The van der Waals surface area contributed by atoms with E-state index in [0.29, 0.717) is 0 Å². The van der Waals surface area contributed by atoms with Crippen LogP contribution in [-0.4, -0.2) is 32.8 Å². The molecular formula is C20H24N2O5S. The van der Waals surface area contributed by atoms with Gasteiger partial charge >= 0.3 is 0 Å². The highest BCUT2D eigenvalue weighted by Crippen LogP contribution is 2.18. The van der Waals surface area contributed by atoms with Gasteiger partial charge in [0.15, 0.2) is 15.6 Å². The largest absolute Gasteiger partial charge is 0.455 e. The maximum Gasteiger partial charge on any atom is 0.287 e. The molecule has 0 spiro atoms. The second kappa shape index (κ2) is 9.05. The third-order valence-electron chi connectivity index (χ3n) is 4.70. The zero-order valence-electron chi connectivity index (χ0n) is 15.5. The lowest BCUT2D eigenvalue weighted by molar-refractivity contribution is -0.121. The molecule has 150 valence electrons. The number of nitrogens with one attached hydrogen (secondary N) is 2. The van der Waals surface area contributed by atoms with E-state index in [4.69, 9.17) is 4.42 Å². The molecule has 0 unspecified atom stereocenters. The van der Waals surface area contributed by atoms with Crippen molar-refractivity contribution in [2.24, 2.45) is 0 Å². The molecule has 7 nitrogen and oxygen atoms in total. The molecule has 2 amide bonds. The van der Waals surface area contributed by atoms with Crippen molar-refractivity contribution in [3.8, 4) is 0 Å². The number of carbonyl (C=O) groups is 2. The van der Waals surface area contributed by atoms with E-state index in [1.54, 1.807) is 18.2 Å². The molecule has 2 N–H and O–H groups in total. The predicted octanol–water partition coefficient (Wildman–Crippen LogP) is 2.43. The highest BCUT2D eigenvalue weighted by molar-refractivity contribution is 7.90. The van der Waals surface area contributed by atoms with Crippen LogP contribution in [-0.2, 0) is 20.4 Å². The van der Waals surface area contributed by atoms with E-state index in [1.165, 1.54) is 30.7 Å². The molecule has 1 fully saturated rings. The van der Waals surface area contributed by atoms with Gasteiger partial charge in [0.05, 0.1) is 11.4 Å². The van der Waals surface area contributed by atoms with Crippen molar-refractivity contribution in [1.29, 1.82) is 0 Å². The van der Waals surface area contributed by atoms with Gasteiger partial charge in [-0.1, -0.05) is 37.5 Å². The molecule has 3 rings (SSSR count). The van der Waals surface area contributed by atoms with Gasteiger partial charge in [-0.3, -0.25) is 9.59 Å². The first-order valence-electron chi connectivity index (χ1n) is 9.38. The summed E-state index contributed by atoms with van der Waals surface area (Å²) < 4.78 is 30.1. The fraction of sp³-hybridized carbons (Fsp3) is 0.400. The van der Waals surface area contributed by atoms with Crippen LogP contribution in [0.2, 0.25) is 0 Å². The third-order valence-corrected chi connectivity index (χ3v) is 6.35. The van der Waals surface area contributed by atoms with Gasteiger partial charge in [0.1, 0.15) is 11.5 Å². The van der Waals surface area contributed by atoms with Crippen molar-refractivity contribution >= 4 is 21.7 Å². The Balaban J connectivity index is 1.51. The molecule has 0 saturated heterocycles. The van der Waals surface area contributed by atoms with Crippen molar-refractivity contribution < 1.29 is 22.4 Å². The monoisotopic (exact) mass is 404 g/mol. The number of benzene rings is 1. The molecule has 1 aliphatic rings. The lowest BCUT2D eigenvalue weighted by Gasteiger charge is -2.22. The molecule has 8 heteroatoms. The highest BCUT2D eigenvalue weighted by Gasteiger charge is 2.20. The van der Waals surface area contributed by atoms with Crippen LogP contribution in [0.5, 0.6) is 0 Å². The first-order valence-corrected chi connectivity index (χ1v) is 11.0. The molecule has 1 aliphatic carbocycles. The first-order chi connectivity index (χ1) is 13.4. The van der Waals surface area contributed by atoms with E-state index in [0.717, 1.165) is 25.7 Å². The van der Waals surface area contributed by atoms with Gasteiger partial charge in [0.25, 0.3) is 5.91 Å². The standard InChI is InChI=1S/C20H24N2O5S/c23-19(22-15-7-3-1-4-8-15)13-21-20(24)18-12-11-16(27-18)14-28(25,26)17-9-5-2-6-10-17/h2,5-6,9-12,15H,1,3-4,7-8,13-14H2,(H,21,24)(H,22,23). The summed E-state index contributed by atoms with van der Waals surface area (Å²) in [7, 11) is -3.56. The minimum atomic E-state index is -3.56. The normalized spacial score (nSPS) is 15.1. The van der Waals surface area contributed by atoms with Crippen molar-refractivity contribution in [2.75, 3.05) is 6.54 Å². The Morgan fingerprint density at radius 1 is 1.00 bits per heavy atom. The van der Waals surface area contributed by atoms with Crippen LogP contribution in [0.15, 0.2) is 51.8 Å². The van der Waals surface area contributed by atoms with E-state index in [2.05, 4.69) is 10.6 Å². The maximum atomic E-state index is 12.4. The zero-order chi connectivity index (χ0) is 20.0. The topological polar surface area (TPSA) is 105 Å². The molecule has 0 bridgehead atoms. The molecule has 0 radical (unpaired) electrons. The molecule has 0 aliphatic heterocycles. The maximum absolute atomic E-state index is 12.4. The number of hydrogen-bond acceptors (Lipinski definition) is 5. The van der Waals surface area contributed by atoms with Crippen LogP contribution >= 0.6 is 0 Å². The smallest absolute Gasteiger partial charge is 0.287 e. The van der Waals surface area contributed by atoms with Gasteiger partial charge in [0, 0.05) is 6.04 Å². The summed E-state index contributed by atoms with van der Waals surface area (Å²) in [6.07, 6.45) is 5.36. The molecule has 2 aromatic rings. The highest BCUT2D eigenvalue weighted by atomic mass is 32.2. The third kappa shape index (κ3) is 5.45. The Labute approximate surface area is 164 Å². The van der Waals surface area contributed by atoms with Crippen LogP contribution < -0.4 is 10.6 Å². The second-order valence-corrected chi connectivity index (χ2v) is 8.91. The number of sulfone groups is 1. The second-order valence-electron chi connectivity index (χ2n) is 6.92. The molecule has 1 heterocycles. The Morgan fingerprint density at radius 3 is 2.43 bits per heavy atom. The quantitative estimate of drug-likeness (QED) is 0.737. The Kier molecular flexibility index (Phi) is 6.51. The van der Waals surface area contributed by atoms with Crippen molar-refractivity contribution in [3.05, 3.63) is 54.0 Å². The van der Waals surface area contributed by atoms with E-state index in [-0.39, 0.29) is 40.7 Å². The van der Waals surface area contributed by atoms with Crippen LogP contribution in [0.4, 0.5) is 0 Å². The average molecular weight is 404 g/mol. The predicted molar refractivity (Wildman–Crippen MR) is 103 cm³/mol. The average Bonchev–Trinajstić information content (AvgIpc) is 3.15. The van der Waals surface area contributed by atoms with Gasteiger partial charge in [-0.05, 0) is 37.1 Å². The fourth-order valence-electron chi connectivity index (χ4n) is 3.25. The summed E-state index contributed by atoms with van der Waals surface area (Å²) in [5.41, 5.74) is 0. The number of amides is 2. The Bertz CT molecular complexity index is 915. The van der Waals surface area contributed by atoms with E-state index < -0.39 is 15.7 Å². The van der Waals surface area contributed by atoms with Crippen LogP contribution in [0.25, 0.3) is 0 Å². The first kappa shape index (κ1) is 20.1. The number of carbonyl (C=O) groups excluding carboxylic acids is 2. The Hall–Kier alpha value is -2.61. The zero-order valence-corrected chi connectivity index (χ0v) is 16.3. The van der Waals surface area contributed by atoms with Crippen molar-refractivity contribution in [1.82, 2.24) is 10.6 Å². The number of rotatable bonds is 7. The summed E-state index contributed by atoms with van der Waals surface area (Å²) in [6.45, 7) is -0.145. The summed E-state index contributed by atoms with van der Waals surface area (Å²) in [5, 5.41) is 5.42. The molecule has 1 saturated carbocycles. The minimum absolute atomic E-state index is 0.0243. The lowest BCUT2D eigenvalue weighted by atomic mass is 9.95. The lowest BCUT2D eigenvalue weighted by Crippen LogP contribution is -2.42. The van der Waals surface area contributed by atoms with Crippen LogP contribution in [0.1, 0.15) is 48.4 Å². The number of hydrogen-bond donors (Lipinski definition) is 2. The Morgan fingerprint density at radius 2 is 1.71 bits per heavy atom. The molecule has 28 heavy (non-hydrogen) atoms. The van der Waals surface area contributed by atoms with Gasteiger partial charge < -0.3 is 15.1 Å². The molecule has 1 aromatic heterocycles. The summed E-state index contributed by atoms with van der Waals surface area (Å²) >= 11 is 0. The van der Waals surface area contributed by atoms with Gasteiger partial charge in [0.2, 0.25) is 5.91 Å². The molecule has 0 atom stereocenters. The van der Waals surface area contributed by atoms with Gasteiger partial charge in [-0.25, -0.2) is 8.42 Å². The minimum Gasteiger partial charge on any atom is -0.455 e. The fourth-order valence-corrected chi connectivity index (χ4v) is 4.52. The molecule has 1 aromatic carbocycles. The molecular weight excluding hydrogens is 380 g/mol. The van der Waals surface area contributed by atoms with E-state index in [9.17, 15) is 18.0 Å². The SMILES string of the molecule is O=C(CNC(=O)c1ccc(CS(=O)(=O)c2ccccc2)o1)NC1CCCCC1.